The fourth-order valence-corrected chi connectivity index (χ4v) is 8.26. The highest BCUT2D eigenvalue weighted by Crippen LogP contribution is 2.20. The molecule has 0 aliphatic heterocycles. The Morgan fingerprint density at radius 1 is 0.411 bits per heavy atom. The maximum atomic E-state index is 12.8. The summed E-state index contributed by atoms with van der Waals surface area (Å²) < 4.78 is 12.5. The zero-order valence-electron chi connectivity index (χ0n) is 38.9. The van der Waals surface area contributed by atoms with E-state index in [2.05, 4.69) is 32.6 Å². The van der Waals surface area contributed by atoms with Crippen LogP contribution in [0.4, 0.5) is 0 Å². The van der Waals surface area contributed by atoms with Gasteiger partial charge in [-0.2, -0.15) is 0 Å². The smallest absolute Gasteiger partial charge is 0.306 e. The quantitative estimate of drug-likeness (QED) is 0.0491. The van der Waals surface area contributed by atoms with Crippen LogP contribution in [0, 0.1) is 0 Å². The summed E-state index contributed by atoms with van der Waals surface area (Å²) >= 11 is 0. The Hall–Kier alpha value is -0.650. The fraction of sp³-hybridized carbons (Fsp3) is 0.980. The molecule has 0 aliphatic rings. The van der Waals surface area contributed by atoms with E-state index in [-0.39, 0.29) is 18.7 Å². The van der Waals surface area contributed by atoms with Crippen molar-refractivity contribution >= 4 is 5.97 Å². The summed E-state index contributed by atoms with van der Waals surface area (Å²) in [6.45, 7) is 13.3. The Labute approximate surface area is 352 Å². The Morgan fingerprint density at radius 3 is 1.16 bits per heavy atom. The second-order valence-electron chi connectivity index (χ2n) is 17.7. The summed E-state index contributed by atoms with van der Waals surface area (Å²) in [5.74, 6) is 0.0322. The molecule has 0 rings (SSSR count). The second-order valence-corrected chi connectivity index (χ2v) is 17.7. The predicted molar refractivity (Wildman–Crippen MR) is 246 cm³/mol. The highest BCUT2D eigenvalue weighted by atomic mass is 16.5. The minimum atomic E-state index is 0.0322. The highest BCUT2D eigenvalue weighted by Gasteiger charge is 2.15. The van der Waals surface area contributed by atoms with Gasteiger partial charge in [-0.25, -0.2) is 0 Å². The number of unbranched alkanes of at least 4 members (excludes halogenated alkanes) is 28. The summed E-state index contributed by atoms with van der Waals surface area (Å²) in [4.78, 5) is 15.2. The summed E-state index contributed by atoms with van der Waals surface area (Å²) in [5, 5.41) is 9.66. The third kappa shape index (κ3) is 41.5. The van der Waals surface area contributed by atoms with Crippen molar-refractivity contribution in [3.05, 3.63) is 0 Å². The molecule has 0 aromatic rings. The van der Waals surface area contributed by atoms with E-state index >= 15 is 0 Å². The minimum Gasteiger partial charge on any atom is -0.462 e. The van der Waals surface area contributed by atoms with Crippen molar-refractivity contribution in [1.29, 1.82) is 0 Å². The van der Waals surface area contributed by atoms with Crippen molar-refractivity contribution in [2.24, 2.45) is 0 Å². The normalized spacial score (nSPS) is 11.9. The van der Waals surface area contributed by atoms with Gasteiger partial charge in [0.25, 0.3) is 0 Å². The molecule has 0 saturated heterocycles. The number of carbonyl (C=O) groups is 1. The Kier molecular flexibility index (Phi) is 46.5. The summed E-state index contributed by atoms with van der Waals surface area (Å²) in [6, 6.07) is 0. The van der Waals surface area contributed by atoms with E-state index in [1.165, 1.54) is 218 Å². The minimum absolute atomic E-state index is 0.0322. The Bertz CT molecular complexity index is 715. The molecule has 0 spiro atoms. The van der Waals surface area contributed by atoms with Gasteiger partial charge in [-0.05, 0) is 77.3 Å². The fourth-order valence-electron chi connectivity index (χ4n) is 8.26. The van der Waals surface area contributed by atoms with Crippen molar-refractivity contribution in [2.45, 2.75) is 290 Å². The van der Waals surface area contributed by atoms with Crippen LogP contribution in [0.1, 0.15) is 278 Å². The molecule has 1 N–H and O–H groups in total. The van der Waals surface area contributed by atoms with E-state index in [0.29, 0.717) is 12.5 Å². The van der Waals surface area contributed by atoms with Gasteiger partial charge < -0.3 is 19.5 Å². The molecule has 56 heavy (non-hydrogen) atoms. The van der Waals surface area contributed by atoms with Gasteiger partial charge in [-0.3, -0.25) is 4.79 Å². The molecule has 0 aliphatic carbocycles. The van der Waals surface area contributed by atoms with Gasteiger partial charge in [0.15, 0.2) is 0 Å². The maximum absolute atomic E-state index is 12.8. The van der Waals surface area contributed by atoms with Gasteiger partial charge in [0.05, 0.1) is 12.7 Å². The van der Waals surface area contributed by atoms with Crippen LogP contribution in [0.15, 0.2) is 0 Å². The number of esters is 1. The van der Waals surface area contributed by atoms with Crippen molar-refractivity contribution in [1.82, 2.24) is 4.90 Å². The SMILES string of the molecule is CCCCCCCCC(CCCCCCCC)OCCCCCCCN(CCO)CCCCCCCC(=O)OC(CCCCCCCC)CCCCCCCC. The summed E-state index contributed by atoms with van der Waals surface area (Å²) in [5.41, 5.74) is 0. The van der Waals surface area contributed by atoms with E-state index < -0.39 is 0 Å². The lowest BCUT2D eigenvalue weighted by molar-refractivity contribution is -0.150. The molecule has 0 aromatic carbocycles. The lowest BCUT2D eigenvalue weighted by atomic mass is 10.0. The van der Waals surface area contributed by atoms with Gasteiger partial charge in [-0.15, -0.1) is 0 Å². The van der Waals surface area contributed by atoms with Crippen LogP contribution in [0.2, 0.25) is 0 Å². The molecule has 0 saturated carbocycles. The first-order valence-corrected chi connectivity index (χ1v) is 25.7. The molecule has 5 heteroatoms. The van der Waals surface area contributed by atoms with Gasteiger partial charge in [0.1, 0.15) is 6.10 Å². The van der Waals surface area contributed by atoms with E-state index in [1.54, 1.807) is 0 Å². The standard InChI is InChI=1S/C51H103NO4/c1-5-9-13-17-23-31-39-49(40-32-24-18-14-10-6-2)55-48-38-30-22-29-37-45-52(46-47-53)44-36-28-21-27-35-43-51(54)56-50(41-33-25-19-15-11-7-3)42-34-26-20-16-12-8-4/h49-50,53H,5-48H2,1-4H3. The van der Waals surface area contributed by atoms with Gasteiger partial charge in [0, 0.05) is 19.6 Å². The molecule has 0 amide bonds. The lowest BCUT2D eigenvalue weighted by Crippen LogP contribution is -2.29. The van der Waals surface area contributed by atoms with Crippen molar-refractivity contribution < 1.29 is 19.4 Å². The van der Waals surface area contributed by atoms with Gasteiger partial charge in [0.2, 0.25) is 0 Å². The lowest BCUT2D eigenvalue weighted by Gasteiger charge is -2.21. The largest absolute Gasteiger partial charge is 0.462 e. The average Bonchev–Trinajstić information content (AvgIpc) is 3.20. The summed E-state index contributed by atoms with van der Waals surface area (Å²) in [6.07, 6.45) is 49.6. The van der Waals surface area contributed by atoms with Crippen LogP contribution in [0.3, 0.4) is 0 Å². The average molecular weight is 794 g/mol. The molecule has 0 unspecified atom stereocenters. The van der Waals surface area contributed by atoms with Crippen LogP contribution in [-0.4, -0.2) is 61.0 Å². The molecule has 0 atom stereocenters. The van der Waals surface area contributed by atoms with E-state index in [9.17, 15) is 9.90 Å². The van der Waals surface area contributed by atoms with E-state index in [4.69, 9.17) is 9.47 Å². The zero-order valence-corrected chi connectivity index (χ0v) is 38.9. The molecule has 0 fully saturated rings. The molecular formula is C51H103NO4. The number of rotatable bonds is 48. The molecule has 5 nitrogen and oxygen atoms in total. The number of carbonyl (C=O) groups excluding carboxylic acids is 1. The molecular weight excluding hydrogens is 691 g/mol. The summed E-state index contributed by atoms with van der Waals surface area (Å²) in [7, 11) is 0. The second kappa shape index (κ2) is 47.0. The first-order chi connectivity index (χ1) is 27.6. The number of ether oxygens (including phenoxy) is 2. The van der Waals surface area contributed by atoms with Crippen LogP contribution in [0.25, 0.3) is 0 Å². The number of hydrogen-bond acceptors (Lipinski definition) is 5. The first-order valence-electron chi connectivity index (χ1n) is 25.7. The number of nitrogens with zero attached hydrogens (tertiary/aromatic N) is 1. The number of hydrogen-bond donors (Lipinski definition) is 1. The number of aliphatic hydroxyl groups excluding tert-OH is 1. The third-order valence-corrected chi connectivity index (χ3v) is 12.1. The Morgan fingerprint density at radius 2 is 0.750 bits per heavy atom. The third-order valence-electron chi connectivity index (χ3n) is 12.1. The van der Waals surface area contributed by atoms with Gasteiger partial charge in [-0.1, -0.05) is 207 Å². The van der Waals surface area contributed by atoms with Crippen LogP contribution in [-0.2, 0) is 14.3 Å². The van der Waals surface area contributed by atoms with Crippen LogP contribution < -0.4 is 0 Å². The molecule has 0 radical (unpaired) electrons. The maximum Gasteiger partial charge on any atom is 0.306 e. The molecule has 0 heterocycles. The Balaban J connectivity index is 4.15. The first kappa shape index (κ1) is 55.4. The van der Waals surface area contributed by atoms with E-state index in [1.807, 2.05) is 0 Å². The highest BCUT2D eigenvalue weighted by molar-refractivity contribution is 5.69. The predicted octanol–water partition coefficient (Wildman–Crippen LogP) is 15.9. The van der Waals surface area contributed by atoms with Crippen LogP contribution in [0.5, 0.6) is 0 Å². The van der Waals surface area contributed by atoms with Gasteiger partial charge >= 0.3 is 5.97 Å². The number of aliphatic hydroxyl groups is 1. The van der Waals surface area contributed by atoms with Crippen molar-refractivity contribution in [3.63, 3.8) is 0 Å². The molecule has 0 bridgehead atoms. The monoisotopic (exact) mass is 794 g/mol. The van der Waals surface area contributed by atoms with Crippen molar-refractivity contribution in [3.8, 4) is 0 Å². The van der Waals surface area contributed by atoms with E-state index in [0.717, 1.165) is 51.9 Å². The van der Waals surface area contributed by atoms with Crippen molar-refractivity contribution in [2.75, 3.05) is 32.8 Å². The molecule has 336 valence electrons. The topological polar surface area (TPSA) is 59.0 Å². The van der Waals surface area contributed by atoms with Crippen LogP contribution >= 0.6 is 0 Å². The molecule has 0 aromatic heterocycles. The zero-order chi connectivity index (χ0) is 40.8.